The lowest BCUT2D eigenvalue weighted by molar-refractivity contribution is 0.0985. The molecule has 1 saturated heterocycles. The normalized spacial score (nSPS) is 13.9. The highest BCUT2D eigenvalue weighted by Gasteiger charge is 2.22. The Morgan fingerprint density at radius 2 is 1.79 bits per heavy atom. The van der Waals surface area contributed by atoms with Gasteiger partial charge >= 0.3 is 0 Å². The molecule has 8 nitrogen and oxygen atoms in total. The van der Waals surface area contributed by atoms with Crippen LogP contribution < -0.4 is 26.2 Å². The van der Waals surface area contributed by atoms with Crippen molar-refractivity contribution in [1.82, 2.24) is 15.3 Å². The zero-order valence-corrected chi connectivity index (χ0v) is 19.8. The van der Waals surface area contributed by atoms with Gasteiger partial charge < -0.3 is 25.7 Å². The molecule has 0 radical (unpaired) electrons. The summed E-state index contributed by atoms with van der Waals surface area (Å²) in [6.07, 6.45) is 3.59. The van der Waals surface area contributed by atoms with E-state index in [4.69, 9.17) is 4.74 Å². The Labute approximate surface area is 200 Å². The molecule has 9 heteroatoms. The highest BCUT2D eigenvalue weighted by molar-refractivity contribution is 6.32. The maximum absolute atomic E-state index is 12.9. The molecule has 1 fully saturated rings. The first-order valence-electron chi connectivity index (χ1n) is 11.6. The van der Waals surface area contributed by atoms with Gasteiger partial charge in [-0.05, 0) is 81.1 Å². The van der Waals surface area contributed by atoms with E-state index in [1.165, 1.54) is 6.33 Å². The van der Waals surface area contributed by atoms with E-state index >= 15 is 0 Å². The Morgan fingerprint density at radius 3 is 2.56 bits per heavy atom. The number of anilines is 2. The molecule has 0 atom stereocenters. The molecule has 1 aliphatic heterocycles. The molecule has 0 saturated carbocycles. The number of carbonyl (C=O) groups is 2. The molecule has 0 aliphatic carbocycles. The van der Waals surface area contributed by atoms with Gasteiger partial charge in [0.05, 0.1) is 12.9 Å². The lowest BCUT2D eigenvalue weighted by atomic mass is 9.94. The topological polar surface area (TPSA) is 108 Å². The lowest BCUT2D eigenvalue weighted by Gasteiger charge is -2.22. The number of imidazole rings is 1. The number of nitrogens with zero attached hydrogens (tertiary/aromatic N) is 1. The molecular formula is C25H30BN5O3. The summed E-state index contributed by atoms with van der Waals surface area (Å²) in [5, 5.41) is 9.08. The number of rotatable bonds is 7. The number of aromatic amines is 1. The first-order valence-corrected chi connectivity index (χ1v) is 11.6. The Morgan fingerprint density at radius 1 is 1.03 bits per heavy atom. The van der Waals surface area contributed by atoms with Gasteiger partial charge in [0.1, 0.15) is 19.3 Å². The molecule has 4 N–H and O–H groups in total. The third-order valence-corrected chi connectivity index (χ3v) is 6.11. The van der Waals surface area contributed by atoms with Gasteiger partial charge in [-0.1, -0.05) is 17.6 Å². The van der Waals surface area contributed by atoms with Gasteiger partial charge in [-0.25, -0.2) is 4.98 Å². The molecule has 0 spiro atoms. The minimum atomic E-state index is -0.446. The van der Waals surface area contributed by atoms with E-state index in [9.17, 15) is 9.59 Å². The van der Waals surface area contributed by atoms with E-state index in [0.717, 1.165) is 48.3 Å². The van der Waals surface area contributed by atoms with Crippen molar-refractivity contribution >= 4 is 36.5 Å². The van der Waals surface area contributed by atoms with E-state index in [0.29, 0.717) is 23.9 Å². The number of ether oxygens (including phenoxy) is 1. The molecule has 1 aromatic heterocycles. The Balaban J connectivity index is 1.40. The van der Waals surface area contributed by atoms with Crippen molar-refractivity contribution < 1.29 is 14.3 Å². The fourth-order valence-corrected chi connectivity index (χ4v) is 4.01. The number of nitrogens with one attached hydrogen (secondary N) is 4. The van der Waals surface area contributed by atoms with Gasteiger partial charge in [0.25, 0.3) is 11.8 Å². The van der Waals surface area contributed by atoms with Crippen molar-refractivity contribution in [1.29, 1.82) is 0 Å². The molecule has 2 aromatic carbocycles. The average molecular weight is 459 g/mol. The van der Waals surface area contributed by atoms with Gasteiger partial charge in [-0.3, -0.25) is 9.59 Å². The number of hydrogen-bond acceptors (Lipinski definition) is 5. The minimum absolute atomic E-state index is 0.0398. The van der Waals surface area contributed by atoms with Gasteiger partial charge in [0.15, 0.2) is 5.69 Å². The minimum Gasteiger partial charge on any atom is -0.493 e. The summed E-state index contributed by atoms with van der Waals surface area (Å²) < 4.78 is 5.97. The second-order valence-electron chi connectivity index (χ2n) is 8.83. The molecule has 2 heterocycles. The van der Waals surface area contributed by atoms with Crippen molar-refractivity contribution in [3.8, 4) is 5.75 Å². The van der Waals surface area contributed by atoms with Crippen molar-refractivity contribution in [2.24, 2.45) is 5.92 Å². The number of aryl methyl sites for hydroxylation is 2. The predicted molar refractivity (Wildman–Crippen MR) is 136 cm³/mol. The van der Waals surface area contributed by atoms with E-state index in [1.54, 1.807) is 0 Å². The summed E-state index contributed by atoms with van der Waals surface area (Å²) in [6, 6.07) is 11.4. The summed E-state index contributed by atoms with van der Waals surface area (Å²) in [5.41, 5.74) is 4.31. The van der Waals surface area contributed by atoms with Gasteiger partial charge in [0, 0.05) is 11.4 Å². The first kappa shape index (κ1) is 23.6. The number of benzene rings is 2. The Bertz CT molecular complexity index is 1190. The fraction of sp³-hybridized carbons (Fsp3) is 0.320. The average Bonchev–Trinajstić information content (AvgIpc) is 3.33. The molecule has 3 aromatic rings. The maximum atomic E-state index is 12.9. The standard InChI is InChI=1S/C25H30BN5O3/c1-15-3-4-18(26)12-21(15)31-25(33)23-22(28-14-29-23)24(32)30-20-6-5-19(11-16(20)2)34-13-17-7-9-27-10-8-17/h3-6,11-12,14,17,27H,7-10,13,26H2,1-2H3,(H,28,29)(H,30,32)(H,31,33). The van der Waals surface area contributed by atoms with E-state index < -0.39 is 11.8 Å². The second kappa shape index (κ2) is 10.6. The summed E-state index contributed by atoms with van der Waals surface area (Å²) in [4.78, 5) is 32.7. The molecule has 1 aliphatic rings. The van der Waals surface area contributed by atoms with Crippen LogP contribution in [0.3, 0.4) is 0 Å². The van der Waals surface area contributed by atoms with Gasteiger partial charge in [0.2, 0.25) is 0 Å². The van der Waals surface area contributed by atoms with Crippen molar-refractivity contribution in [3.63, 3.8) is 0 Å². The van der Waals surface area contributed by atoms with E-state index in [2.05, 4.69) is 25.9 Å². The molecule has 34 heavy (non-hydrogen) atoms. The summed E-state index contributed by atoms with van der Waals surface area (Å²) >= 11 is 0. The summed E-state index contributed by atoms with van der Waals surface area (Å²) in [6.45, 7) is 6.59. The number of piperidine rings is 1. The quantitative estimate of drug-likeness (QED) is 0.405. The van der Waals surface area contributed by atoms with E-state index in [-0.39, 0.29) is 11.4 Å². The molecule has 2 amide bonds. The Hall–Kier alpha value is -3.59. The number of H-pyrrole nitrogens is 1. The van der Waals surface area contributed by atoms with E-state index in [1.807, 2.05) is 58.1 Å². The number of hydrogen-bond donors (Lipinski definition) is 4. The molecule has 4 rings (SSSR count). The number of amides is 2. The van der Waals surface area contributed by atoms with Crippen LogP contribution in [0.25, 0.3) is 0 Å². The fourth-order valence-electron chi connectivity index (χ4n) is 4.01. The van der Waals surface area contributed by atoms with Crippen LogP contribution in [0, 0.1) is 19.8 Å². The molecule has 176 valence electrons. The van der Waals surface area contributed by atoms with Crippen LogP contribution in [0.2, 0.25) is 0 Å². The van der Waals surface area contributed by atoms with Crippen molar-refractivity contribution in [3.05, 3.63) is 65.2 Å². The third-order valence-electron chi connectivity index (χ3n) is 6.11. The van der Waals surface area contributed by atoms with Crippen molar-refractivity contribution in [2.75, 3.05) is 30.3 Å². The number of carbonyl (C=O) groups excluding carboxylic acids is 2. The van der Waals surface area contributed by atoms with Crippen LogP contribution in [0.5, 0.6) is 5.75 Å². The highest BCUT2D eigenvalue weighted by atomic mass is 16.5. The number of aromatic nitrogens is 2. The highest BCUT2D eigenvalue weighted by Crippen LogP contribution is 2.24. The zero-order valence-electron chi connectivity index (χ0n) is 19.8. The van der Waals surface area contributed by atoms with Crippen LogP contribution in [-0.2, 0) is 0 Å². The zero-order chi connectivity index (χ0) is 24.1. The van der Waals surface area contributed by atoms with Crippen LogP contribution >= 0.6 is 0 Å². The lowest BCUT2D eigenvalue weighted by Crippen LogP contribution is -2.30. The summed E-state index contributed by atoms with van der Waals surface area (Å²) in [5.74, 6) is 0.465. The predicted octanol–water partition coefficient (Wildman–Crippen LogP) is 2.17. The van der Waals surface area contributed by atoms with Crippen LogP contribution in [-0.4, -0.2) is 49.3 Å². The molecular weight excluding hydrogens is 429 g/mol. The van der Waals surface area contributed by atoms with Crippen molar-refractivity contribution in [2.45, 2.75) is 26.7 Å². The third kappa shape index (κ3) is 5.66. The molecule has 0 bridgehead atoms. The largest absolute Gasteiger partial charge is 0.493 e. The maximum Gasteiger partial charge on any atom is 0.276 e. The smallest absolute Gasteiger partial charge is 0.276 e. The summed E-state index contributed by atoms with van der Waals surface area (Å²) in [7, 11) is 1.95. The van der Waals surface area contributed by atoms with Crippen LogP contribution in [0.1, 0.15) is 44.9 Å². The van der Waals surface area contributed by atoms with Crippen LogP contribution in [0.4, 0.5) is 11.4 Å². The Kier molecular flexibility index (Phi) is 7.32. The SMILES string of the molecule is Bc1ccc(C)c(NC(=O)c2nc[nH]c2C(=O)Nc2ccc(OCC3CCNCC3)cc2C)c1. The van der Waals surface area contributed by atoms with Crippen LogP contribution in [0.15, 0.2) is 42.7 Å². The molecule has 0 unspecified atom stereocenters. The second-order valence-corrected chi connectivity index (χ2v) is 8.83. The van der Waals surface area contributed by atoms with Gasteiger partial charge in [-0.15, -0.1) is 0 Å². The van der Waals surface area contributed by atoms with Gasteiger partial charge in [-0.2, -0.15) is 0 Å². The first-order chi connectivity index (χ1) is 16.4. The monoisotopic (exact) mass is 459 g/mol.